The molecule has 0 bridgehead atoms. The first kappa shape index (κ1) is 19.7. The lowest BCUT2D eigenvalue weighted by Gasteiger charge is -2.37. The predicted molar refractivity (Wildman–Crippen MR) is 109 cm³/mol. The van der Waals surface area contributed by atoms with Crippen LogP contribution in [0.5, 0.6) is 5.75 Å². The highest BCUT2D eigenvalue weighted by Gasteiger charge is 2.31. The fourth-order valence-electron chi connectivity index (χ4n) is 3.95. The minimum atomic E-state index is -3.58. The van der Waals surface area contributed by atoms with Crippen molar-refractivity contribution in [1.82, 2.24) is 4.31 Å². The van der Waals surface area contributed by atoms with Crippen LogP contribution < -0.4 is 9.64 Å². The standard InChI is InChI=1S/C21H28N2O3S/c1-15-6-7-19(26-5)20(14-15)27(24,25)23-10-8-22(9-11-23)21-17(3)12-16(2)13-18(21)4/h6-7,12-14H,8-11H2,1-5H3. The van der Waals surface area contributed by atoms with Gasteiger partial charge in [-0.2, -0.15) is 4.31 Å². The van der Waals surface area contributed by atoms with Crippen molar-refractivity contribution in [2.24, 2.45) is 0 Å². The number of sulfonamides is 1. The number of aryl methyl sites for hydroxylation is 4. The van der Waals surface area contributed by atoms with E-state index in [9.17, 15) is 8.42 Å². The van der Waals surface area contributed by atoms with Crippen molar-refractivity contribution in [2.75, 3.05) is 38.2 Å². The van der Waals surface area contributed by atoms with E-state index in [0.717, 1.165) is 5.56 Å². The maximum Gasteiger partial charge on any atom is 0.246 e. The number of anilines is 1. The minimum absolute atomic E-state index is 0.251. The molecule has 0 aliphatic carbocycles. The van der Waals surface area contributed by atoms with E-state index in [4.69, 9.17) is 4.74 Å². The Morgan fingerprint density at radius 3 is 2.00 bits per heavy atom. The fourth-order valence-corrected chi connectivity index (χ4v) is 5.61. The van der Waals surface area contributed by atoms with Crippen LogP contribution in [-0.2, 0) is 10.0 Å². The van der Waals surface area contributed by atoms with E-state index in [1.54, 1.807) is 16.4 Å². The zero-order valence-corrected chi connectivity index (χ0v) is 17.6. The van der Waals surface area contributed by atoms with Crippen LogP contribution in [0.25, 0.3) is 0 Å². The summed E-state index contributed by atoms with van der Waals surface area (Å²) in [5, 5.41) is 0. The van der Waals surface area contributed by atoms with Crippen LogP contribution in [-0.4, -0.2) is 46.0 Å². The molecule has 0 aromatic heterocycles. The van der Waals surface area contributed by atoms with Crippen molar-refractivity contribution in [3.8, 4) is 5.75 Å². The van der Waals surface area contributed by atoms with Gasteiger partial charge in [0.15, 0.2) is 0 Å². The van der Waals surface area contributed by atoms with E-state index in [-0.39, 0.29) is 4.90 Å². The monoisotopic (exact) mass is 388 g/mol. The summed E-state index contributed by atoms with van der Waals surface area (Å²) in [6.07, 6.45) is 0. The van der Waals surface area contributed by atoms with Crippen molar-refractivity contribution < 1.29 is 13.2 Å². The highest BCUT2D eigenvalue weighted by atomic mass is 32.2. The molecule has 1 fully saturated rings. The SMILES string of the molecule is COc1ccc(C)cc1S(=O)(=O)N1CCN(c2c(C)cc(C)cc2C)CC1. The van der Waals surface area contributed by atoms with Crippen molar-refractivity contribution in [2.45, 2.75) is 32.6 Å². The molecule has 0 unspecified atom stereocenters. The average Bonchev–Trinajstić information content (AvgIpc) is 2.61. The number of methoxy groups -OCH3 is 1. The Kier molecular flexibility index (Phi) is 5.49. The molecule has 0 spiro atoms. The molecule has 3 rings (SSSR count). The third-order valence-electron chi connectivity index (χ3n) is 5.13. The van der Waals surface area contributed by atoms with Crippen LogP contribution >= 0.6 is 0 Å². The number of hydrogen-bond donors (Lipinski definition) is 0. The predicted octanol–water partition coefficient (Wildman–Crippen LogP) is 3.44. The van der Waals surface area contributed by atoms with Gasteiger partial charge in [-0.1, -0.05) is 23.8 Å². The Morgan fingerprint density at radius 1 is 0.852 bits per heavy atom. The van der Waals surface area contributed by atoms with Gasteiger partial charge in [-0.15, -0.1) is 0 Å². The van der Waals surface area contributed by atoms with E-state index < -0.39 is 10.0 Å². The molecule has 1 saturated heterocycles. The Bertz CT molecular complexity index is 923. The largest absolute Gasteiger partial charge is 0.495 e. The second kappa shape index (κ2) is 7.52. The molecule has 1 aliphatic rings. The Balaban J connectivity index is 1.83. The topological polar surface area (TPSA) is 49.9 Å². The third-order valence-corrected chi connectivity index (χ3v) is 7.05. The maximum absolute atomic E-state index is 13.2. The van der Waals surface area contributed by atoms with Gasteiger partial charge in [-0.05, 0) is 56.5 Å². The van der Waals surface area contributed by atoms with Gasteiger partial charge in [0.1, 0.15) is 10.6 Å². The zero-order chi connectivity index (χ0) is 19.8. The van der Waals surface area contributed by atoms with Crippen LogP contribution in [0.3, 0.4) is 0 Å². The lowest BCUT2D eigenvalue weighted by molar-refractivity contribution is 0.374. The molecule has 0 atom stereocenters. The van der Waals surface area contributed by atoms with Crippen molar-refractivity contribution in [3.63, 3.8) is 0 Å². The molecule has 0 amide bonds. The number of nitrogens with zero attached hydrogens (tertiary/aromatic N) is 2. The average molecular weight is 389 g/mol. The van der Waals surface area contributed by atoms with Crippen LogP contribution in [0.15, 0.2) is 35.2 Å². The van der Waals surface area contributed by atoms with Crippen LogP contribution in [0.2, 0.25) is 0 Å². The van der Waals surface area contributed by atoms with E-state index in [2.05, 4.69) is 37.8 Å². The van der Waals surface area contributed by atoms with Crippen LogP contribution in [0, 0.1) is 27.7 Å². The number of rotatable bonds is 4. The number of piperazine rings is 1. The molecule has 5 nitrogen and oxygen atoms in total. The summed E-state index contributed by atoms with van der Waals surface area (Å²) in [5.41, 5.74) is 5.86. The third kappa shape index (κ3) is 3.82. The second-order valence-corrected chi connectivity index (χ2v) is 9.20. The van der Waals surface area contributed by atoms with Gasteiger partial charge in [0.2, 0.25) is 10.0 Å². The van der Waals surface area contributed by atoms with Crippen molar-refractivity contribution >= 4 is 15.7 Å². The lowest BCUT2D eigenvalue weighted by Crippen LogP contribution is -2.49. The summed E-state index contributed by atoms with van der Waals surface area (Å²) in [5.74, 6) is 0.397. The van der Waals surface area contributed by atoms with Gasteiger partial charge in [0.05, 0.1) is 7.11 Å². The van der Waals surface area contributed by atoms with Gasteiger partial charge < -0.3 is 9.64 Å². The minimum Gasteiger partial charge on any atom is -0.495 e. The van der Waals surface area contributed by atoms with Gasteiger partial charge in [0, 0.05) is 31.9 Å². The Morgan fingerprint density at radius 2 is 1.44 bits per heavy atom. The zero-order valence-electron chi connectivity index (χ0n) is 16.7. The van der Waals surface area contributed by atoms with Gasteiger partial charge >= 0.3 is 0 Å². The number of benzene rings is 2. The molecule has 0 radical (unpaired) electrons. The summed E-state index contributed by atoms with van der Waals surface area (Å²) in [4.78, 5) is 2.55. The summed E-state index contributed by atoms with van der Waals surface area (Å²) in [7, 11) is -2.07. The summed E-state index contributed by atoms with van der Waals surface area (Å²) >= 11 is 0. The van der Waals surface area contributed by atoms with Gasteiger partial charge in [-0.3, -0.25) is 0 Å². The van der Waals surface area contributed by atoms with E-state index >= 15 is 0 Å². The van der Waals surface area contributed by atoms with E-state index in [1.165, 1.54) is 29.5 Å². The first-order chi connectivity index (χ1) is 12.7. The molecule has 27 heavy (non-hydrogen) atoms. The summed E-state index contributed by atoms with van der Waals surface area (Å²) in [6.45, 7) is 10.5. The Labute approximate surface area is 162 Å². The lowest BCUT2D eigenvalue weighted by atomic mass is 10.0. The number of ether oxygens (including phenoxy) is 1. The molecule has 2 aromatic rings. The molecule has 1 aliphatic heterocycles. The smallest absolute Gasteiger partial charge is 0.246 e. The molecular formula is C21H28N2O3S. The molecular weight excluding hydrogens is 360 g/mol. The first-order valence-electron chi connectivity index (χ1n) is 9.21. The normalized spacial score (nSPS) is 15.8. The summed E-state index contributed by atoms with van der Waals surface area (Å²) in [6, 6.07) is 9.64. The molecule has 2 aromatic carbocycles. The fraction of sp³-hybridized carbons (Fsp3) is 0.429. The molecule has 0 saturated carbocycles. The van der Waals surface area contributed by atoms with Gasteiger partial charge in [-0.25, -0.2) is 8.42 Å². The maximum atomic E-state index is 13.2. The van der Waals surface area contributed by atoms with Crippen LogP contribution in [0.4, 0.5) is 5.69 Å². The molecule has 0 N–H and O–H groups in total. The Hall–Kier alpha value is -2.05. The molecule has 146 valence electrons. The van der Waals surface area contributed by atoms with Crippen molar-refractivity contribution in [3.05, 3.63) is 52.6 Å². The highest BCUT2D eigenvalue weighted by Crippen LogP contribution is 2.31. The quantitative estimate of drug-likeness (QED) is 0.805. The van der Waals surface area contributed by atoms with Gasteiger partial charge in [0.25, 0.3) is 0 Å². The van der Waals surface area contributed by atoms with E-state index in [1.807, 2.05) is 13.0 Å². The van der Waals surface area contributed by atoms with Crippen molar-refractivity contribution in [1.29, 1.82) is 0 Å². The molecule has 1 heterocycles. The first-order valence-corrected chi connectivity index (χ1v) is 10.7. The highest BCUT2D eigenvalue weighted by molar-refractivity contribution is 7.89. The molecule has 6 heteroatoms. The van der Waals surface area contributed by atoms with E-state index in [0.29, 0.717) is 31.9 Å². The second-order valence-electron chi connectivity index (χ2n) is 7.29. The number of hydrogen-bond acceptors (Lipinski definition) is 4. The van der Waals surface area contributed by atoms with Crippen LogP contribution in [0.1, 0.15) is 22.3 Å². The summed E-state index contributed by atoms with van der Waals surface area (Å²) < 4.78 is 33.2.